The zero-order valence-electron chi connectivity index (χ0n) is 10.2. The molecule has 2 rings (SSSR count). The zero-order chi connectivity index (χ0) is 13.8. The van der Waals surface area contributed by atoms with Gasteiger partial charge in [0.1, 0.15) is 0 Å². The molecular weight excluding hydrogens is 308 g/mol. The standard InChI is InChI=1S/C14H11BrN2O2/c1-10-3-2-4-11(7-10)9-16-14-6-5-12(17(18)19)8-13(14)15/h2-9H,1H3. The van der Waals surface area contributed by atoms with Gasteiger partial charge in [-0.1, -0.05) is 29.8 Å². The van der Waals surface area contributed by atoms with Gasteiger partial charge in [-0.2, -0.15) is 0 Å². The molecule has 0 atom stereocenters. The first kappa shape index (κ1) is 13.4. The largest absolute Gasteiger partial charge is 0.270 e. The Kier molecular flexibility index (Phi) is 4.06. The van der Waals surface area contributed by atoms with Crippen molar-refractivity contribution in [1.82, 2.24) is 0 Å². The number of rotatable bonds is 3. The predicted octanol–water partition coefficient (Wildman–Crippen LogP) is 4.42. The number of hydrogen-bond donors (Lipinski definition) is 0. The minimum absolute atomic E-state index is 0.0429. The monoisotopic (exact) mass is 318 g/mol. The molecule has 19 heavy (non-hydrogen) atoms. The fraction of sp³-hybridized carbons (Fsp3) is 0.0714. The fourth-order valence-electron chi connectivity index (χ4n) is 1.61. The van der Waals surface area contributed by atoms with Crippen molar-refractivity contribution in [2.45, 2.75) is 6.92 Å². The quantitative estimate of drug-likeness (QED) is 0.478. The van der Waals surface area contributed by atoms with Crippen LogP contribution in [0.2, 0.25) is 0 Å². The molecule has 4 nitrogen and oxygen atoms in total. The number of benzene rings is 2. The van der Waals surface area contributed by atoms with E-state index in [2.05, 4.69) is 20.9 Å². The highest BCUT2D eigenvalue weighted by Gasteiger charge is 2.07. The maximum atomic E-state index is 10.6. The van der Waals surface area contributed by atoms with Gasteiger partial charge in [0.05, 0.1) is 10.6 Å². The lowest BCUT2D eigenvalue weighted by molar-refractivity contribution is -0.384. The Morgan fingerprint density at radius 2 is 2.05 bits per heavy atom. The molecule has 96 valence electrons. The molecule has 0 spiro atoms. The minimum Gasteiger partial charge on any atom is -0.258 e. The zero-order valence-corrected chi connectivity index (χ0v) is 11.8. The molecule has 0 aliphatic rings. The molecule has 2 aromatic rings. The lowest BCUT2D eigenvalue weighted by Crippen LogP contribution is -1.87. The van der Waals surface area contributed by atoms with Crippen molar-refractivity contribution in [2.24, 2.45) is 4.99 Å². The Morgan fingerprint density at radius 3 is 2.68 bits per heavy atom. The van der Waals surface area contributed by atoms with Gasteiger partial charge in [-0.25, -0.2) is 0 Å². The van der Waals surface area contributed by atoms with Crippen molar-refractivity contribution in [2.75, 3.05) is 0 Å². The fourth-order valence-corrected chi connectivity index (χ4v) is 2.08. The van der Waals surface area contributed by atoms with Gasteiger partial charge in [0, 0.05) is 22.8 Å². The van der Waals surface area contributed by atoms with Crippen molar-refractivity contribution in [3.8, 4) is 0 Å². The molecular formula is C14H11BrN2O2. The van der Waals surface area contributed by atoms with Crippen LogP contribution in [0.25, 0.3) is 0 Å². The van der Waals surface area contributed by atoms with Crippen LogP contribution in [0, 0.1) is 17.0 Å². The summed E-state index contributed by atoms with van der Waals surface area (Å²) in [6.07, 6.45) is 1.74. The molecule has 0 radical (unpaired) electrons. The third-order valence-electron chi connectivity index (χ3n) is 2.54. The number of aliphatic imine (C=N–C) groups is 1. The second kappa shape index (κ2) is 5.75. The molecule has 0 fully saturated rings. The highest BCUT2D eigenvalue weighted by molar-refractivity contribution is 9.10. The van der Waals surface area contributed by atoms with Gasteiger partial charge in [0.15, 0.2) is 0 Å². The molecule has 5 heteroatoms. The number of hydrogen-bond acceptors (Lipinski definition) is 3. The smallest absolute Gasteiger partial charge is 0.258 e. The van der Waals surface area contributed by atoms with Gasteiger partial charge in [-0.05, 0) is 34.5 Å². The van der Waals surface area contributed by atoms with E-state index in [-0.39, 0.29) is 5.69 Å². The van der Waals surface area contributed by atoms with E-state index in [0.29, 0.717) is 10.2 Å². The topological polar surface area (TPSA) is 55.5 Å². The third-order valence-corrected chi connectivity index (χ3v) is 3.17. The first-order chi connectivity index (χ1) is 9.06. The van der Waals surface area contributed by atoms with Crippen molar-refractivity contribution >= 4 is 33.5 Å². The molecule has 2 aromatic carbocycles. The van der Waals surface area contributed by atoms with Crippen LogP contribution >= 0.6 is 15.9 Å². The van der Waals surface area contributed by atoms with Crippen LogP contribution < -0.4 is 0 Å². The number of nitro benzene ring substituents is 1. The van der Waals surface area contributed by atoms with E-state index in [1.165, 1.54) is 12.1 Å². The number of aryl methyl sites for hydroxylation is 1. The number of halogens is 1. The summed E-state index contributed by atoms with van der Waals surface area (Å²) in [5, 5.41) is 10.6. The summed E-state index contributed by atoms with van der Waals surface area (Å²) in [7, 11) is 0. The third kappa shape index (κ3) is 3.48. The molecule has 0 aliphatic carbocycles. The van der Waals surface area contributed by atoms with Crippen LogP contribution in [0.3, 0.4) is 0 Å². The minimum atomic E-state index is -0.432. The van der Waals surface area contributed by atoms with Gasteiger partial charge in [0.25, 0.3) is 5.69 Å². The van der Waals surface area contributed by atoms with Crippen LogP contribution in [0.4, 0.5) is 11.4 Å². The molecule has 0 aliphatic heterocycles. The van der Waals surface area contributed by atoms with Crippen LogP contribution in [-0.2, 0) is 0 Å². The van der Waals surface area contributed by atoms with Crippen molar-refractivity contribution < 1.29 is 4.92 Å². The van der Waals surface area contributed by atoms with Crippen LogP contribution in [0.5, 0.6) is 0 Å². The molecule has 0 saturated heterocycles. The van der Waals surface area contributed by atoms with E-state index >= 15 is 0 Å². The van der Waals surface area contributed by atoms with Gasteiger partial charge >= 0.3 is 0 Å². The van der Waals surface area contributed by atoms with Crippen molar-refractivity contribution in [3.05, 3.63) is 68.2 Å². The van der Waals surface area contributed by atoms with Crippen LogP contribution in [0.15, 0.2) is 51.9 Å². The van der Waals surface area contributed by atoms with E-state index in [9.17, 15) is 10.1 Å². The Balaban J connectivity index is 2.26. The van der Waals surface area contributed by atoms with Gasteiger partial charge in [0.2, 0.25) is 0 Å². The van der Waals surface area contributed by atoms with Crippen molar-refractivity contribution in [3.63, 3.8) is 0 Å². The van der Waals surface area contributed by atoms with Gasteiger partial charge in [-0.3, -0.25) is 15.1 Å². The number of nitrogens with zero attached hydrogens (tertiary/aromatic N) is 2. The first-order valence-corrected chi connectivity index (χ1v) is 6.40. The maximum absolute atomic E-state index is 10.6. The molecule has 0 bridgehead atoms. The summed E-state index contributed by atoms with van der Waals surface area (Å²) in [6, 6.07) is 12.4. The second-order valence-electron chi connectivity index (χ2n) is 4.07. The van der Waals surface area contributed by atoms with Crippen LogP contribution in [0.1, 0.15) is 11.1 Å². The summed E-state index contributed by atoms with van der Waals surface area (Å²) in [4.78, 5) is 14.5. The number of non-ortho nitro benzene ring substituents is 1. The van der Waals surface area contributed by atoms with Crippen molar-refractivity contribution in [1.29, 1.82) is 0 Å². The SMILES string of the molecule is Cc1cccc(C=Nc2ccc([N+](=O)[O-])cc2Br)c1. The maximum Gasteiger partial charge on any atom is 0.270 e. The molecule has 0 aromatic heterocycles. The summed E-state index contributed by atoms with van der Waals surface area (Å²) in [6.45, 7) is 2.01. The highest BCUT2D eigenvalue weighted by Crippen LogP contribution is 2.29. The normalized spacial score (nSPS) is 10.8. The van der Waals surface area contributed by atoms with E-state index in [1.54, 1.807) is 12.3 Å². The molecule has 0 heterocycles. The first-order valence-electron chi connectivity index (χ1n) is 5.61. The number of nitro groups is 1. The second-order valence-corrected chi connectivity index (χ2v) is 4.92. The predicted molar refractivity (Wildman–Crippen MR) is 79.2 cm³/mol. The lowest BCUT2D eigenvalue weighted by Gasteiger charge is -1.99. The van der Waals surface area contributed by atoms with E-state index in [1.807, 2.05) is 31.2 Å². The van der Waals surface area contributed by atoms with Crippen LogP contribution in [-0.4, -0.2) is 11.1 Å². The Hall–Kier alpha value is -2.01. The Morgan fingerprint density at radius 1 is 1.26 bits per heavy atom. The van der Waals surface area contributed by atoms with Gasteiger partial charge in [-0.15, -0.1) is 0 Å². The van der Waals surface area contributed by atoms with Gasteiger partial charge < -0.3 is 0 Å². The Bertz CT molecular complexity index is 654. The van der Waals surface area contributed by atoms with E-state index in [4.69, 9.17) is 0 Å². The molecule has 0 unspecified atom stereocenters. The highest BCUT2D eigenvalue weighted by atomic mass is 79.9. The summed E-state index contributed by atoms with van der Waals surface area (Å²) < 4.78 is 0.602. The molecule has 0 N–H and O–H groups in total. The molecule has 0 amide bonds. The summed E-state index contributed by atoms with van der Waals surface area (Å²) in [5.74, 6) is 0. The average Bonchev–Trinajstić information content (AvgIpc) is 2.37. The molecule has 0 saturated carbocycles. The lowest BCUT2D eigenvalue weighted by atomic mass is 10.1. The summed E-state index contributed by atoms with van der Waals surface area (Å²) in [5.41, 5.74) is 2.85. The average molecular weight is 319 g/mol. The summed E-state index contributed by atoms with van der Waals surface area (Å²) >= 11 is 3.29. The van der Waals surface area contributed by atoms with E-state index < -0.39 is 4.92 Å². The Labute approximate surface area is 119 Å². The van der Waals surface area contributed by atoms with E-state index in [0.717, 1.165) is 11.1 Å².